The van der Waals surface area contributed by atoms with E-state index in [4.69, 9.17) is 44.6 Å². The van der Waals surface area contributed by atoms with Crippen LogP contribution in [0.4, 0.5) is 27.2 Å². The van der Waals surface area contributed by atoms with Gasteiger partial charge in [0.05, 0.1) is 51.6 Å². The number of amides is 7. The Morgan fingerprint density at radius 1 is 0.568 bits per heavy atom. The minimum Gasteiger partial charge on any atom is -0.480 e. The van der Waals surface area contributed by atoms with Crippen molar-refractivity contribution in [3.05, 3.63) is 120 Å². The van der Waals surface area contributed by atoms with Crippen molar-refractivity contribution >= 4 is 114 Å². The van der Waals surface area contributed by atoms with Crippen molar-refractivity contribution in [2.24, 2.45) is 39.2 Å². The highest BCUT2D eigenvalue weighted by Crippen LogP contribution is 2.50. The number of cyclic esters (lactones) is 2. The summed E-state index contributed by atoms with van der Waals surface area (Å²) in [4.78, 5) is 128. The lowest BCUT2D eigenvalue weighted by molar-refractivity contribution is -0.150. The molecule has 8 bridgehead atoms. The van der Waals surface area contributed by atoms with Gasteiger partial charge >= 0.3 is 18.2 Å². The van der Waals surface area contributed by atoms with Crippen molar-refractivity contribution in [1.29, 1.82) is 0 Å². The summed E-state index contributed by atoms with van der Waals surface area (Å²) in [7, 11) is -7.85. The Morgan fingerprint density at radius 3 is 1.33 bits per heavy atom. The van der Waals surface area contributed by atoms with Crippen LogP contribution in [-0.4, -0.2) is 196 Å². The molecule has 2 aromatic heterocycles. The average molecular weight is 1700 g/mol. The Labute approximate surface area is 689 Å². The van der Waals surface area contributed by atoms with Gasteiger partial charge in [-0.25, -0.2) is 68.7 Å². The molecule has 7 amide bonds. The van der Waals surface area contributed by atoms with Gasteiger partial charge in [0.15, 0.2) is 0 Å². The van der Waals surface area contributed by atoms with Gasteiger partial charge in [-0.1, -0.05) is 169 Å². The van der Waals surface area contributed by atoms with Crippen molar-refractivity contribution in [2.45, 2.75) is 206 Å². The first kappa shape index (κ1) is 91.8. The van der Waals surface area contributed by atoms with E-state index in [1.165, 1.54) is 9.80 Å². The number of carbonyl (C=O) groups excluding carboxylic acids is 7. The number of rotatable bonds is 11. The van der Waals surface area contributed by atoms with Crippen LogP contribution >= 0.6 is 12.4 Å². The molecule has 4 aromatic carbocycles. The Bertz CT molecular complexity index is 5140. The molecule has 0 spiro atoms. The predicted octanol–water partition coefficient (Wildman–Crippen LogP) is 10.8. The maximum Gasteiger partial charge on any atom is 0.407 e. The standard InChI is InChI=1S/C40H46F2N6O8S.C32H36N4O6.C8H12F2N2O3S.2CH4.ClH/c1-38(2,3)31-35(50)48-20-24(18-29(48)33(49)46-40(19-26(40)32(41)42)36(51)47-57(53,54)25-13-14-25)56-34-30(43-27-11-6-7-12-28(27)44-34)23-10-8-9-22(17-23)15-16-39(4,5)21-55-37(52)45-31;1-31(2,3)26-28(37)36-17-21(16-24(36)29(38)39)42-27-25(33-22-11-6-7-12-23(22)34-27)20-10-8-9-19(15-20)13-14-32(4,5)18-41-30(40)35-26;9-6(10)5-3-8(5,11)7(13)12-16(14,15)4-1-2-4;;;/h6-12,15-17,24-26,29,31-32H,13-14,18-21H2,1-5H3,(H,45,52)(H,46,49)(H,47,51);6-15,21,24,26H,16-18H2,1-5H3,(H,35,40)(H,38,39);4-6H,1-3,11H2,(H,12,13);2*1H4;1H/b16-15+;14-13+;;;;/t24-,26+,29+,31-,40-;21-,24+,26-;5-,8+;;;/m110.../s1. The number of alkyl carbamates (subject to hydrolysis) is 2. The van der Waals surface area contributed by atoms with Crippen molar-refractivity contribution < 1.29 is 96.8 Å². The van der Waals surface area contributed by atoms with Crippen molar-refractivity contribution in [2.75, 3.05) is 26.3 Å². The van der Waals surface area contributed by atoms with Crippen LogP contribution < -0.4 is 40.6 Å². The third-order valence-electron chi connectivity index (χ3n) is 21.2. The highest BCUT2D eigenvalue weighted by atomic mass is 35.5. The largest absolute Gasteiger partial charge is 0.480 e. The fraction of sp³-hybridized carbons (Fsp3) is 0.512. The number of aromatic nitrogens is 4. The third kappa shape index (κ3) is 21.1. The lowest BCUT2D eigenvalue weighted by Crippen LogP contribution is -2.60. The van der Waals surface area contributed by atoms with E-state index >= 15 is 0 Å². The van der Waals surface area contributed by atoms with Crippen molar-refractivity contribution in [3.8, 4) is 34.3 Å². The second-order valence-electron chi connectivity index (χ2n) is 34.1. The van der Waals surface area contributed by atoms with Gasteiger partial charge in [0, 0.05) is 40.7 Å². The van der Waals surface area contributed by atoms with Gasteiger partial charge < -0.3 is 55.5 Å². The Kier molecular flexibility index (Phi) is 27.3. The molecule has 6 heterocycles. The molecule has 36 heteroatoms. The van der Waals surface area contributed by atoms with E-state index in [1.54, 1.807) is 58.4 Å². The molecule has 29 nitrogen and oxygen atoms in total. The molecule has 8 N–H and O–H groups in total. The minimum atomic E-state index is -4.15. The number of ether oxygens (including phenoxy) is 4. The summed E-state index contributed by atoms with van der Waals surface area (Å²) in [5.74, 6) is -8.13. The summed E-state index contributed by atoms with van der Waals surface area (Å²) in [5.41, 5.74) is 5.15. The van der Waals surface area contributed by atoms with Gasteiger partial charge in [-0.2, -0.15) is 0 Å². The first-order valence-electron chi connectivity index (χ1n) is 37.8. The zero-order valence-electron chi connectivity index (χ0n) is 65.4. The van der Waals surface area contributed by atoms with Crippen LogP contribution in [0.1, 0.15) is 147 Å². The van der Waals surface area contributed by atoms with E-state index in [0.29, 0.717) is 64.7 Å². The molecule has 118 heavy (non-hydrogen) atoms. The van der Waals surface area contributed by atoms with Crippen molar-refractivity contribution in [3.63, 3.8) is 0 Å². The summed E-state index contributed by atoms with van der Waals surface area (Å²) in [5, 5.41) is 16.5. The van der Waals surface area contributed by atoms with Crippen LogP contribution in [0.5, 0.6) is 11.8 Å². The molecule has 10 atom stereocenters. The molecule has 6 aromatic rings. The molecule has 4 saturated carbocycles. The third-order valence-corrected chi connectivity index (χ3v) is 24.9. The van der Waals surface area contributed by atoms with Gasteiger partial charge in [0.25, 0.3) is 11.8 Å². The summed E-state index contributed by atoms with van der Waals surface area (Å²) in [6.07, 6.45) is -0.417. The zero-order chi connectivity index (χ0) is 83.4. The number of nitrogens with two attached hydrogens (primary N) is 1. The number of carboxylic acid groups (broad SMARTS) is 1. The molecule has 0 unspecified atom stereocenters. The van der Waals surface area contributed by atoms with Crippen LogP contribution in [0, 0.1) is 33.5 Å². The monoisotopic (exact) mass is 1700 g/mol. The summed E-state index contributed by atoms with van der Waals surface area (Å²) in [6, 6.07) is 25.1. The normalized spacial score (nSPS) is 26.0. The summed E-state index contributed by atoms with van der Waals surface area (Å²) < 4.78 is 129. The number of para-hydroxylation sites is 4. The van der Waals surface area contributed by atoms with Crippen LogP contribution in [0.15, 0.2) is 109 Å². The number of halogens is 5. The van der Waals surface area contributed by atoms with Crippen LogP contribution in [0.2, 0.25) is 0 Å². The fourth-order valence-electron chi connectivity index (χ4n) is 13.9. The number of hydrogen-bond acceptors (Lipinski definition) is 21. The number of hydrogen-bond donors (Lipinski definition) is 7. The van der Waals surface area contributed by atoms with E-state index in [-0.39, 0.29) is 84.6 Å². The zero-order valence-corrected chi connectivity index (χ0v) is 67.9. The average Bonchev–Trinajstić information content (AvgIpc) is 1.56. The molecular formula is C82H103ClF4N12O17S2. The lowest BCUT2D eigenvalue weighted by atomic mass is 9.85. The Hall–Kier alpha value is -10.1. The second kappa shape index (κ2) is 35.0. The fourth-order valence-corrected chi connectivity index (χ4v) is 16.7. The maximum atomic E-state index is 14.6. The molecule has 6 fully saturated rings. The van der Waals surface area contributed by atoms with E-state index in [2.05, 4.69) is 16.0 Å². The number of aliphatic carboxylic acids is 1. The number of carboxylic acids is 1. The first-order valence-corrected chi connectivity index (χ1v) is 40.9. The number of nitrogens with one attached hydrogen (secondary N) is 5. The number of sulfonamides is 2. The smallest absolute Gasteiger partial charge is 0.407 e. The predicted molar refractivity (Wildman–Crippen MR) is 435 cm³/mol. The van der Waals surface area contributed by atoms with Crippen LogP contribution in [0.3, 0.4) is 0 Å². The van der Waals surface area contributed by atoms with Crippen molar-refractivity contribution in [1.82, 2.24) is 55.1 Å². The van der Waals surface area contributed by atoms with E-state index in [1.807, 2.05) is 142 Å². The van der Waals surface area contributed by atoms with Gasteiger partial charge in [-0.3, -0.25) is 33.4 Å². The Balaban J connectivity index is 0.000000227. The quantitative estimate of drug-likeness (QED) is 0.0592. The molecule has 2 saturated heterocycles. The number of nitrogens with zero attached hydrogens (tertiary/aromatic N) is 6. The topological polar surface area (TPSA) is 406 Å². The highest BCUT2D eigenvalue weighted by Gasteiger charge is 2.67. The lowest BCUT2D eigenvalue weighted by Gasteiger charge is -2.35. The minimum absolute atomic E-state index is 0. The van der Waals surface area contributed by atoms with Gasteiger partial charge in [-0.15, -0.1) is 12.4 Å². The molecule has 14 rings (SSSR count). The summed E-state index contributed by atoms with van der Waals surface area (Å²) in [6.45, 7) is 18.0. The number of fused-ring (bicyclic) bond motifs is 14. The molecule has 4 aliphatic carbocycles. The van der Waals surface area contributed by atoms with Gasteiger partial charge in [-0.05, 0) is 96.9 Å². The van der Waals surface area contributed by atoms with Gasteiger partial charge in [0.1, 0.15) is 72.1 Å². The first-order chi connectivity index (χ1) is 53.8. The Morgan fingerprint density at radius 2 is 0.958 bits per heavy atom. The molecular weight excluding hydrogens is 1600 g/mol. The molecule has 640 valence electrons. The number of carbonyl (C=O) groups is 8. The van der Waals surface area contributed by atoms with Crippen LogP contribution in [0.25, 0.3) is 56.7 Å². The van der Waals surface area contributed by atoms with Crippen LogP contribution in [-0.2, 0) is 58.3 Å². The number of benzene rings is 4. The second-order valence-corrected chi connectivity index (χ2v) is 38.0. The SMILES string of the molecule is C.C.CC1(C)/C=C/c2cccc(c2)-c2nc3ccccc3nc2O[C@@H]2C[C@@H](C(=O)N[C@]3(C(=O)NS(=O)(=O)C4CC4)C[C@H]3C(F)F)N(C2)C(=O)[C@H](C(C)(C)C)NC(=O)OC1.CC1(C)/C=C/c2cccc(c2)-c2nc3ccccc3nc2O[C@@H]2C[C@@H](C(=O)O)N(C2)C(=O)[C@H](C(C)(C)C)NC(=O)OC1.Cl.N[C@]1(C(=O)NS(=O)(=O)C2CC2)C[C@H]1C(F)F. The number of alkyl halides is 4. The van der Waals surface area contributed by atoms with E-state index in [9.17, 15) is 77.9 Å². The summed E-state index contributed by atoms with van der Waals surface area (Å²) >= 11 is 0. The van der Waals surface area contributed by atoms with E-state index in [0.717, 1.165) is 16.7 Å². The van der Waals surface area contributed by atoms with Gasteiger partial charge in [0.2, 0.25) is 62.4 Å². The highest BCUT2D eigenvalue weighted by molar-refractivity contribution is 7.91. The van der Waals surface area contributed by atoms with E-state index < -0.39 is 178 Å². The maximum absolute atomic E-state index is 14.6. The molecule has 0 radical (unpaired) electrons. The molecule has 8 aliphatic rings. The molecule has 4 aliphatic heterocycles.